The number of benzene rings is 1. The van der Waals surface area contributed by atoms with Gasteiger partial charge in [0.1, 0.15) is 6.04 Å². The molecule has 0 saturated carbocycles. The number of carbonyl (C=O) groups is 2. The van der Waals surface area contributed by atoms with Gasteiger partial charge in [0.25, 0.3) is 5.91 Å². The molecule has 1 aromatic rings. The van der Waals surface area contributed by atoms with E-state index in [0.29, 0.717) is 18.7 Å². The smallest absolute Gasteiger partial charge is 0.326 e. The summed E-state index contributed by atoms with van der Waals surface area (Å²) >= 11 is 0. The largest absolute Gasteiger partial charge is 0.480 e. The molecule has 1 heterocycles. The van der Waals surface area contributed by atoms with Crippen molar-refractivity contribution in [2.75, 3.05) is 13.1 Å². The molecule has 0 aromatic heterocycles. The van der Waals surface area contributed by atoms with Crippen molar-refractivity contribution in [3.05, 3.63) is 35.4 Å². The second-order valence-electron chi connectivity index (χ2n) is 5.28. The van der Waals surface area contributed by atoms with Crippen molar-refractivity contribution in [1.29, 1.82) is 0 Å². The van der Waals surface area contributed by atoms with Crippen LogP contribution >= 0.6 is 0 Å². The lowest BCUT2D eigenvalue weighted by atomic mass is 10.0. The Morgan fingerprint density at radius 3 is 2.55 bits per heavy atom. The molecule has 0 bridgehead atoms. The number of nitrogens with two attached hydrogens (primary N) is 1. The molecule has 20 heavy (non-hydrogen) atoms. The lowest BCUT2D eigenvalue weighted by Crippen LogP contribution is -2.42. The summed E-state index contributed by atoms with van der Waals surface area (Å²) in [5.41, 5.74) is 7.10. The van der Waals surface area contributed by atoms with E-state index in [2.05, 4.69) is 0 Å². The molecule has 2 unspecified atom stereocenters. The minimum absolute atomic E-state index is 0.00652. The number of aliphatic carboxylic acids is 1. The molecule has 2 rings (SSSR count). The average Bonchev–Trinajstić information content (AvgIpc) is 2.81. The number of carboxylic acid groups (broad SMARTS) is 1. The van der Waals surface area contributed by atoms with Gasteiger partial charge in [-0.15, -0.1) is 0 Å². The van der Waals surface area contributed by atoms with Crippen LogP contribution in [0.5, 0.6) is 0 Å². The number of hydrogen-bond donors (Lipinski definition) is 2. The Balaban J connectivity index is 2.16. The van der Waals surface area contributed by atoms with Crippen molar-refractivity contribution in [2.24, 2.45) is 11.7 Å². The summed E-state index contributed by atoms with van der Waals surface area (Å²) in [5, 5.41) is 9.26. The molecule has 0 radical (unpaired) electrons. The summed E-state index contributed by atoms with van der Waals surface area (Å²) in [5.74, 6) is -1.14. The van der Waals surface area contributed by atoms with Crippen LogP contribution in [-0.2, 0) is 11.2 Å². The first-order chi connectivity index (χ1) is 9.54. The summed E-state index contributed by atoms with van der Waals surface area (Å²) in [4.78, 5) is 25.2. The first-order valence-electron chi connectivity index (χ1n) is 6.87. The molecule has 2 atom stereocenters. The molecule has 1 amide bonds. The van der Waals surface area contributed by atoms with Crippen LogP contribution in [0.2, 0.25) is 0 Å². The van der Waals surface area contributed by atoms with E-state index in [1.54, 1.807) is 12.1 Å². The van der Waals surface area contributed by atoms with E-state index in [9.17, 15) is 14.7 Å². The maximum Gasteiger partial charge on any atom is 0.326 e. The summed E-state index contributed by atoms with van der Waals surface area (Å²) in [6.45, 7) is 2.94. The summed E-state index contributed by atoms with van der Waals surface area (Å²) in [6.07, 6.45) is 1.50. The molecule has 1 saturated heterocycles. The van der Waals surface area contributed by atoms with Crippen LogP contribution in [0.15, 0.2) is 24.3 Å². The van der Waals surface area contributed by atoms with Gasteiger partial charge in [-0.05, 0) is 43.0 Å². The van der Waals surface area contributed by atoms with Gasteiger partial charge in [0.2, 0.25) is 0 Å². The normalized spacial score (nSPS) is 22.0. The lowest BCUT2D eigenvalue weighted by Gasteiger charge is -2.23. The van der Waals surface area contributed by atoms with Crippen molar-refractivity contribution in [1.82, 2.24) is 4.90 Å². The highest BCUT2D eigenvalue weighted by Crippen LogP contribution is 2.26. The predicted molar refractivity (Wildman–Crippen MR) is 75.4 cm³/mol. The molecule has 3 N–H and O–H groups in total. The molecule has 108 valence electrons. The molecule has 1 aromatic carbocycles. The maximum absolute atomic E-state index is 12.4. The highest BCUT2D eigenvalue weighted by molar-refractivity contribution is 5.97. The zero-order chi connectivity index (χ0) is 14.7. The number of hydrogen-bond acceptors (Lipinski definition) is 3. The quantitative estimate of drug-likeness (QED) is 0.863. The Kier molecular flexibility index (Phi) is 4.39. The molecular weight excluding hydrogens is 256 g/mol. The van der Waals surface area contributed by atoms with Crippen LogP contribution in [0.25, 0.3) is 0 Å². The van der Waals surface area contributed by atoms with Crippen LogP contribution < -0.4 is 5.73 Å². The average molecular weight is 276 g/mol. The highest BCUT2D eigenvalue weighted by atomic mass is 16.4. The minimum Gasteiger partial charge on any atom is -0.480 e. The maximum atomic E-state index is 12.4. The number of carboxylic acids is 1. The third kappa shape index (κ3) is 2.82. The van der Waals surface area contributed by atoms with Gasteiger partial charge in [-0.25, -0.2) is 4.79 Å². The number of nitrogens with zero attached hydrogens (tertiary/aromatic N) is 1. The van der Waals surface area contributed by atoms with Crippen molar-refractivity contribution in [3.8, 4) is 0 Å². The molecular formula is C15H20N2O3. The monoisotopic (exact) mass is 276 g/mol. The fraction of sp³-hybridized carbons (Fsp3) is 0.467. The van der Waals surface area contributed by atoms with Gasteiger partial charge >= 0.3 is 5.97 Å². The fourth-order valence-corrected chi connectivity index (χ4v) is 2.70. The van der Waals surface area contributed by atoms with Gasteiger partial charge in [0.05, 0.1) is 0 Å². The van der Waals surface area contributed by atoms with E-state index in [-0.39, 0.29) is 11.8 Å². The molecule has 1 aliphatic rings. The van der Waals surface area contributed by atoms with Crippen LogP contribution in [0.3, 0.4) is 0 Å². The van der Waals surface area contributed by atoms with Gasteiger partial charge in [-0.1, -0.05) is 19.1 Å². The van der Waals surface area contributed by atoms with Crippen LogP contribution in [0.1, 0.15) is 29.3 Å². The molecule has 1 fully saturated rings. The van der Waals surface area contributed by atoms with E-state index >= 15 is 0 Å². The summed E-state index contributed by atoms with van der Waals surface area (Å²) in [7, 11) is 0. The van der Waals surface area contributed by atoms with Crippen LogP contribution in [0, 0.1) is 5.92 Å². The van der Waals surface area contributed by atoms with E-state index in [1.165, 1.54) is 4.90 Å². The zero-order valence-corrected chi connectivity index (χ0v) is 11.6. The molecule has 5 heteroatoms. The third-order valence-corrected chi connectivity index (χ3v) is 3.85. The Morgan fingerprint density at radius 2 is 2.00 bits per heavy atom. The number of amides is 1. The molecule has 5 nitrogen and oxygen atoms in total. The van der Waals surface area contributed by atoms with E-state index in [4.69, 9.17) is 5.73 Å². The number of rotatable bonds is 4. The minimum atomic E-state index is -0.928. The summed E-state index contributed by atoms with van der Waals surface area (Å²) in [6, 6.07) is 6.51. The van der Waals surface area contributed by atoms with E-state index in [0.717, 1.165) is 18.4 Å². The second-order valence-corrected chi connectivity index (χ2v) is 5.28. The first-order valence-corrected chi connectivity index (χ1v) is 6.87. The standard InChI is InChI=1S/C15H20N2O3/c1-10-7-9-17(13(10)15(19)20)14(18)12-4-2-11(3-5-12)6-8-16/h2-5,10,13H,6-9,16H2,1H3,(H,19,20). The van der Waals surface area contributed by atoms with Gasteiger partial charge in [-0.2, -0.15) is 0 Å². The third-order valence-electron chi connectivity index (χ3n) is 3.85. The van der Waals surface area contributed by atoms with Crippen molar-refractivity contribution in [2.45, 2.75) is 25.8 Å². The Hall–Kier alpha value is -1.88. The summed E-state index contributed by atoms with van der Waals surface area (Å²) < 4.78 is 0. The van der Waals surface area contributed by atoms with Crippen molar-refractivity contribution in [3.63, 3.8) is 0 Å². The molecule has 0 spiro atoms. The van der Waals surface area contributed by atoms with Crippen molar-refractivity contribution >= 4 is 11.9 Å². The van der Waals surface area contributed by atoms with E-state index in [1.807, 2.05) is 19.1 Å². The number of carbonyl (C=O) groups excluding carboxylic acids is 1. The van der Waals surface area contributed by atoms with Gasteiger partial charge in [-0.3, -0.25) is 4.79 Å². The molecule has 1 aliphatic heterocycles. The number of likely N-dealkylation sites (tertiary alicyclic amines) is 1. The molecule has 0 aliphatic carbocycles. The predicted octanol–water partition coefficient (Wildman–Crippen LogP) is 1.12. The van der Waals surface area contributed by atoms with Crippen molar-refractivity contribution < 1.29 is 14.7 Å². The fourth-order valence-electron chi connectivity index (χ4n) is 2.70. The first kappa shape index (κ1) is 14.5. The van der Waals surface area contributed by atoms with Crippen LogP contribution in [-0.4, -0.2) is 41.0 Å². The zero-order valence-electron chi connectivity index (χ0n) is 11.6. The van der Waals surface area contributed by atoms with Gasteiger partial charge in [0, 0.05) is 12.1 Å². The Morgan fingerprint density at radius 1 is 1.35 bits per heavy atom. The van der Waals surface area contributed by atoms with Gasteiger partial charge in [0.15, 0.2) is 0 Å². The van der Waals surface area contributed by atoms with Crippen LogP contribution in [0.4, 0.5) is 0 Å². The van der Waals surface area contributed by atoms with Gasteiger partial charge < -0.3 is 15.7 Å². The Labute approximate surface area is 118 Å². The SMILES string of the molecule is CC1CCN(C(=O)c2ccc(CCN)cc2)C1C(=O)O. The lowest BCUT2D eigenvalue weighted by molar-refractivity contribution is -0.142. The topological polar surface area (TPSA) is 83.6 Å². The highest BCUT2D eigenvalue weighted by Gasteiger charge is 2.39. The second kappa shape index (κ2) is 6.05. The van der Waals surface area contributed by atoms with E-state index < -0.39 is 12.0 Å². The Bertz CT molecular complexity index is 498.